The number of nitro groups is 1. The molecule has 1 aromatic heterocycles. The molecule has 0 atom stereocenters. The number of thioether (sulfide) groups is 1. The number of imidazole rings is 1. The molecule has 0 saturated carbocycles. The summed E-state index contributed by atoms with van der Waals surface area (Å²) in [6, 6.07) is 19.0. The number of benzene rings is 3. The number of carbonyl (C=O) groups excluding carboxylic acids is 1. The zero-order chi connectivity index (χ0) is 25.2. The van der Waals surface area contributed by atoms with Gasteiger partial charge in [-0.3, -0.25) is 14.9 Å². The fraction of sp³-hybridized carbons (Fsp3) is 0.167. The zero-order valence-corrected chi connectivity index (χ0v) is 20.5. The Morgan fingerprint density at radius 2 is 1.80 bits per heavy atom. The number of hydrogen-bond donors (Lipinski definition) is 1. The van der Waals surface area contributed by atoms with Crippen molar-refractivity contribution in [3.05, 3.63) is 88.5 Å². The van der Waals surface area contributed by atoms with Gasteiger partial charge in [0, 0.05) is 17.8 Å². The van der Waals surface area contributed by atoms with Crippen LogP contribution in [0.1, 0.15) is 25.3 Å². The fourth-order valence-corrected chi connectivity index (χ4v) is 6.00. The van der Waals surface area contributed by atoms with E-state index >= 15 is 0 Å². The van der Waals surface area contributed by atoms with Crippen molar-refractivity contribution >= 4 is 50.1 Å². The van der Waals surface area contributed by atoms with Gasteiger partial charge in [-0.15, -0.1) is 0 Å². The number of hydrogen-bond acceptors (Lipinski definition) is 7. The van der Waals surface area contributed by atoms with Crippen molar-refractivity contribution in [3.8, 4) is 0 Å². The lowest BCUT2D eigenvalue weighted by molar-refractivity contribution is -0.385. The maximum atomic E-state index is 13.5. The molecule has 1 N–H and O–H groups in total. The first-order valence-corrected chi connectivity index (χ1v) is 13.1. The third-order valence-corrected chi connectivity index (χ3v) is 8.00. The highest BCUT2D eigenvalue weighted by Gasteiger charge is 2.26. The van der Waals surface area contributed by atoms with Crippen LogP contribution in [0.4, 0.5) is 11.4 Å². The molecule has 0 spiro atoms. The van der Waals surface area contributed by atoms with Crippen LogP contribution in [-0.2, 0) is 14.8 Å². The SMILES string of the molecule is CC(C)c1ccc(NC(=O)CSc2nc3ccccc3n2S(=O)(=O)c2cccc([N+](=O)[O-])c2)cc1. The van der Waals surface area contributed by atoms with Crippen molar-refractivity contribution in [2.24, 2.45) is 0 Å². The molecule has 0 aliphatic carbocycles. The molecule has 0 fully saturated rings. The van der Waals surface area contributed by atoms with Crippen LogP contribution in [0.2, 0.25) is 0 Å². The Hall–Kier alpha value is -3.70. The molecule has 0 aliphatic rings. The molecule has 1 heterocycles. The molecule has 11 heteroatoms. The third kappa shape index (κ3) is 5.20. The topological polar surface area (TPSA) is 124 Å². The van der Waals surface area contributed by atoms with Gasteiger partial charge in [-0.05, 0) is 41.8 Å². The van der Waals surface area contributed by atoms with E-state index in [9.17, 15) is 23.3 Å². The zero-order valence-electron chi connectivity index (χ0n) is 18.9. The molecular formula is C24H22N4O5S2. The van der Waals surface area contributed by atoms with Crippen LogP contribution in [-0.4, -0.2) is 34.0 Å². The van der Waals surface area contributed by atoms with E-state index in [-0.39, 0.29) is 27.4 Å². The molecule has 4 aromatic rings. The second-order valence-corrected chi connectivity index (χ2v) is 10.7. The molecule has 35 heavy (non-hydrogen) atoms. The van der Waals surface area contributed by atoms with Gasteiger partial charge in [0.25, 0.3) is 15.7 Å². The standard InChI is InChI=1S/C24H22N4O5S2/c1-16(2)17-10-12-18(13-11-17)25-23(29)15-34-24-26-21-8-3-4-9-22(21)27(24)35(32,33)20-7-5-6-19(14-20)28(30)31/h3-14,16H,15H2,1-2H3,(H,25,29). The average molecular weight is 511 g/mol. The van der Waals surface area contributed by atoms with Gasteiger partial charge in [0.05, 0.1) is 26.6 Å². The third-order valence-electron chi connectivity index (χ3n) is 5.25. The van der Waals surface area contributed by atoms with Gasteiger partial charge in [-0.2, -0.15) is 0 Å². The van der Waals surface area contributed by atoms with Crippen LogP contribution < -0.4 is 5.32 Å². The molecule has 0 radical (unpaired) electrons. The first-order chi connectivity index (χ1) is 16.7. The number of nitro benzene ring substituents is 1. The van der Waals surface area contributed by atoms with Crippen molar-refractivity contribution in [2.75, 3.05) is 11.1 Å². The molecule has 0 aliphatic heterocycles. The summed E-state index contributed by atoms with van der Waals surface area (Å²) in [5.74, 6) is -0.0327. The molecule has 0 unspecified atom stereocenters. The number of nitrogens with one attached hydrogen (secondary N) is 1. The van der Waals surface area contributed by atoms with Crippen LogP contribution in [0, 0.1) is 10.1 Å². The highest BCUT2D eigenvalue weighted by Crippen LogP contribution is 2.30. The number of nitrogens with zero attached hydrogens (tertiary/aromatic N) is 3. The smallest absolute Gasteiger partial charge is 0.270 e. The summed E-state index contributed by atoms with van der Waals surface area (Å²) < 4.78 is 28.1. The Kier molecular flexibility index (Phi) is 6.90. The van der Waals surface area contributed by atoms with Crippen molar-refractivity contribution in [1.82, 2.24) is 8.96 Å². The second-order valence-electron chi connectivity index (χ2n) is 8.02. The van der Waals surface area contributed by atoms with E-state index in [1.54, 1.807) is 24.3 Å². The summed E-state index contributed by atoms with van der Waals surface area (Å²) in [7, 11) is -4.23. The molecule has 9 nitrogen and oxygen atoms in total. The molecule has 4 rings (SSSR count). The number of carbonyl (C=O) groups is 1. The van der Waals surface area contributed by atoms with Gasteiger partial charge >= 0.3 is 0 Å². The van der Waals surface area contributed by atoms with Crippen LogP contribution >= 0.6 is 11.8 Å². The Balaban J connectivity index is 1.62. The van der Waals surface area contributed by atoms with Gasteiger partial charge in [-0.1, -0.05) is 55.9 Å². The quantitative estimate of drug-likeness (QED) is 0.200. The Morgan fingerprint density at radius 3 is 2.49 bits per heavy atom. The summed E-state index contributed by atoms with van der Waals surface area (Å²) in [5, 5.41) is 14.1. The fourth-order valence-electron chi connectivity index (χ4n) is 3.45. The predicted molar refractivity (Wildman–Crippen MR) is 135 cm³/mol. The summed E-state index contributed by atoms with van der Waals surface area (Å²) in [6.07, 6.45) is 0. The van der Waals surface area contributed by atoms with Gasteiger partial charge in [0.15, 0.2) is 5.16 Å². The number of rotatable bonds is 8. The monoisotopic (exact) mass is 510 g/mol. The van der Waals surface area contributed by atoms with E-state index in [2.05, 4.69) is 24.1 Å². The van der Waals surface area contributed by atoms with Crippen LogP contribution in [0.5, 0.6) is 0 Å². The van der Waals surface area contributed by atoms with Crippen LogP contribution in [0.15, 0.2) is 82.8 Å². The molecule has 0 saturated heterocycles. The molecule has 0 bridgehead atoms. The summed E-state index contributed by atoms with van der Waals surface area (Å²) >= 11 is 0.967. The van der Waals surface area contributed by atoms with E-state index in [0.29, 0.717) is 22.6 Å². The van der Waals surface area contributed by atoms with Crippen molar-refractivity contribution < 1.29 is 18.1 Å². The first-order valence-electron chi connectivity index (χ1n) is 10.7. The molecule has 3 aromatic carbocycles. The van der Waals surface area contributed by atoms with Gasteiger partial charge in [0.1, 0.15) is 0 Å². The number of amides is 1. The average Bonchev–Trinajstić information content (AvgIpc) is 3.22. The number of non-ortho nitro benzene ring substituents is 1. The van der Waals surface area contributed by atoms with Crippen LogP contribution in [0.3, 0.4) is 0 Å². The van der Waals surface area contributed by atoms with Gasteiger partial charge in [-0.25, -0.2) is 17.4 Å². The summed E-state index contributed by atoms with van der Waals surface area (Å²) in [6.45, 7) is 4.16. The number of anilines is 1. The Morgan fingerprint density at radius 1 is 1.09 bits per heavy atom. The molecule has 180 valence electrons. The van der Waals surface area contributed by atoms with E-state index in [4.69, 9.17) is 0 Å². The summed E-state index contributed by atoms with van der Waals surface area (Å²) in [4.78, 5) is 27.3. The van der Waals surface area contributed by atoms with Crippen LogP contribution in [0.25, 0.3) is 11.0 Å². The maximum Gasteiger partial charge on any atom is 0.270 e. The maximum absolute atomic E-state index is 13.5. The molecule has 1 amide bonds. The normalized spacial score (nSPS) is 11.6. The van der Waals surface area contributed by atoms with E-state index in [0.717, 1.165) is 27.4 Å². The van der Waals surface area contributed by atoms with E-state index in [1.807, 2.05) is 24.3 Å². The molecular weight excluding hydrogens is 488 g/mol. The minimum absolute atomic E-state index is 0.0836. The number of fused-ring (bicyclic) bond motifs is 1. The second kappa shape index (κ2) is 9.88. The predicted octanol–water partition coefficient (Wildman–Crippen LogP) is 5.04. The minimum atomic E-state index is -4.23. The minimum Gasteiger partial charge on any atom is -0.325 e. The number of para-hydroxylation sites is 2. The largest absolute Gasteiger partial charge is 0.325 e. The lowest BCUT2D eigenvalue weighted by Crippen LogP contribution is -2.17. The Bertz CT molecular complexity index is 1510. The summed E-state index contributed by atoms with van der Waals surface area (Å²) in [5.41, 5.74) is 2.18. The van der Waals surface area contributed by atoms with Gasteiger partial charge < -0.3 is 5.32 Å². The highest BCUT2D eigenvalue weighted by atomic mass is 32.2. The van der Waals surface area contributed by atoms with Crippen molar-refractivity contribution in [2.45, 2.75) is 29.8 Å². The highest BCUT2D eigenvalue weighted by molar-refractivity contribution is 8.00. The van der Waals surface area contributed by atoms with E-state index in [1.165, 1.54) is 18.2 Å². The van der Waals surface area contributed by atoms with Gasteiger partial charge in [0.2, 0.25) is 5.91 Å². The lowest BCUT2D eigenvalue weighted by atomic mass is 10.0. The Labute approximate surface area is 206 Å². The van der Waals surface area contributed by atoms with Crippen molar-refractivity contribution in [1.29, 1.82) is 0 Å². The van der Waals surface area contributed by atoms with Crippen molar-refractivity contribution in [3.63, 3.8) is 0 Å². The lowest BCUT2D eigenvalue weighted by Gasteiger charge is -2.11. The number of aromatic nitrogens is 2. The first kappa shape index (κ1) is 24.4. The van der Waals surface area contributed by atoms with E-state index < -0.39 is 14.9 Å².